The Morgan fingerprint density at radius 1 is 1.10 bits per heavy atom. The molecule has 29 heavy (non-hydrogen) atoms. The lowest BCUT2D eigenvalue weighted by Crippen LogP contribution is -2.14. The van der Waals surface area contributed by atoms with Crippen LogP contribution in [0, 0.1) is 0 Å². The summed E-state index contributed by atoms with van der Waals surface area (Å²) in [6.45, 7) is 4.55. The van der Waals surface area contributed by atoms with Gasteiger partial charge in [-0.3, -0.25) is 10.1 Å². The average Bonchev–Trinajstić information content (AvgIpc) is 3.32. The average molecular weight is 389 g/mol. The van der Waals surface area contributed by atoms with Crippen molar-refractivity contribution in [1.29, 1.82) is 0 Å². The Kier molecular flexibility index (Phi) is 5.08. The summed E-state index contributed by atoms with van der Waals surface area (Å²) in [6.07, 6.45) is 0. The lowest BCUT2D eigenvalue weighted by atomic mass is 10.0. The normalized spacial score (nSPS) is 11.2. The van der Waals surface area contributed by atoms with Gasteiger partial charge in [0.2, 0.25) is 5.95 Å². The first kappa shape index (κ1) is 18.8. The van der Waals surface area contributed by atoms with Gasteiger partial charge in [-0.1, -0.05) is 38.1 Å². The maximum Gasteiger partial charge on any atom is 0.293 e. The molecule has 1 amide bonds. The Bertz CT molecular complexity index is 1140. The van der Waals surface area contributed by atoms with Gasteiger partial charge in [0.05, 0.1) is 11.0 Å². The van der Waals surface area contributed by atoms with Crippen LogP contribution in [0.25, 0.3) is 11.0 Å². The standard InChI is InChI=1S/C23H23N3O3/c1-15(2)16-8-10-17(11-9-16)28-14-18-12-13-21(29-18)22(27)25-23-24-19-6-4-5-7-20(19)26(23)3/h4-13,15H,14H2,1-3H3,(H,24,25,27). The third-order valence-corrected chi connectivity index (χ3v) is 4.83. The van der Waals surface area contributed by atoms with Crippen LogP contribution in [-0.4, -0.2) is 15.5 Å². The molecule has 1 N–H and O–H groups in total. The molecule has 0 aliphatic carbocycles. The number of aryl methyl sites for hydroxylation is 1. The van der Waals surface area contributed by atoms with Crippen molar-refractivity contribution in [3.05, 3.63) is 77.7 Å². The molecule has 0 bridgehead atoms. The molecule has 0 radical (unpaired) electrons. The third kappa shape index (κ3) is 4.01. The zero-order chi connectivity index (χ0) is 20.4. The number of fused-ring (bicyclic) bond motifs is 1. The SMILES string of the molecule is CC(C)c1ccc(OCc2ccc(C(=O)Nc3nc4ccccc4n3C)o2)cc1. The summed E-state index contributed by atoms with van der Waals surface area (Å²) in [4.78, 5) is 17.0. The largest absolute Gasteiger partial charge is 0.486 e. The van der Waals surface area contributed by atoms with E-state index in [9.17, 15) is 4.79 Å². The molecule has 2 aromatic heterocycles. The monoisotopic (exact) mass is 389 g/mol. The molecule has 2 aromatic carbocycles. The summed E-state index contributed by atoms with van der Waals surface area (Å²) >= 11 is 0. The summed E-state index contributed by atoms with van der Waals surface area (Å²) in [7, 11) is 1.86. The summed E-state index contributed by atoms with van der Waals surface area (Å²) < 4.78 is 13.2. The number of imidazole rings is 1. The lowest BCUT2D eigenvalue weighted by Gasteiger charge is -2.08. The lowest BCUT2D eigenvalue weighted by molar-refractivity contribution is 0.0991. The topological polar surface area (TPSA) is 69.3 Å². The van der Waals surface area contributed by atoms with Gasteiger partial charge in [0.15, 0.2) is 5.76 Å². The van der Waals surface area contributed by atoms with Gasteiger partial charge in [0.25, 0.3) is 5.91 Å². The predicted octanol–water partition coefficient (Wildman–Crippen LogP) is 5.12. The number of anilines is 1. The predicted molar refractivity (Wildman–Crippen MR) is 112 cm³/mol. The van der Waals surface area contributed by atoms with Crippen LogP contribution in [0.3, 0.4) is 0 Å². The highest BCUT2D eigenvalue weighted by Crippen LogP contribution is 2.21. The highest BCUT2D eigenvalue weighted by molar-refractivity contribution is 6.02. The minimum Gasteiger partial charge on any atom is -0.486 e. The van der Waals surface area contributed by atoms with E-state index in [0.29, 0.717) is 17.6 Å². The molecule has 0 aliphatic rings. The van der Waals surface area contributed by atoms with Crippen LogP contribution in [0.2, 0.25) is 0 Å². The van der Waals surface area contributed by atoms with E-state index >= 15 is 0 Å². The molecular formula is C23H23N3O3. The Morgan fingerprint density at radius 3 is 2.59 bits per heavy atom. The summed E-state index contributed by atoms with van der Waals surface area (Å²) in [5.74, 6) is 2.15. The van der Waals surface area contributed by atoms with Crippen molar-refractivity contribution in [2.75, 3.05) is 5.32 Å². The van der Waals surface area contributed by atoms with Gasteiger partial charge in [-0.2, -0.15) is 0 Å². The maximum absolute atomic E-state index is 12.5. The molecule has 0 atom stereocenters. The van der Waals surface area contributed by atoms with Crippen LogP contribution in [0.15, 0.2) is 65.1 Å². The zero-order valence-electron chi connectivity index (χ0n) is 16.7. The second-order valence-electron chi connectivity index (χ2n) is 7.22. The number of nitrogens with zero attached hydrogens (tertiary/aromatic N) is 2. The van der Waals surface area contributed by atoms with Crippen molar-refractivity contribution in [3.63, 3.8) is 0 Å². The van der Waals surface area contributed by atoms with Gasteiger partial charge < -0.3 is 13.7 Å². The quantitative estimate of drug-likeness (QED) is 0.497. The molecule has 6 heteroatoms. The van der Waals surface area contributed by atoms with Gasteiger partial charge in [-0.25, -0.2) is 4.98 Å². The number of ether oxygens (including phenoxy) is 1. The number of furan rings is 1. The summed E-state index contributed by atoms with van der Waals surface area (Å²) in [5, 5.41) is 2.80. The number of amides is 1. The Balaban J connectivity index is 1.40. The molecule has 0 fully saturated rings. The van der Waals surface area contributed by atoms with Crippen LogP contribution >= 0.6 is 0 Å². The van der Waals surface area contributed by atoms with Gasteiger partial charge in [0, 0.05) is 7.05 Å². The highest BCUT2D eigenvalue weighted by atomic mass is 16.5. The number of carbonyl (C=O) groups excluding carboxylic acids is 1. The maximum atomic E-state index is 12.5. The number of nitrogens with one attached hydrogen (secondary N) is 1. The summed E-state index contributed by atoms with van der Waals surface area (Å²) in [5.41, 5.74) is 3.03. The fourth-order valence-electron chi connectivity index (χ4n) is 3.10. The molecule has 148 valence electrons. The molecule has 0 spiro atoms. The second-order valence-corrected chi connectivity index (χ2v) is 7.22. The number of hydrogen-bond acceptors (Lipinski definition) is 4. The van der Waals surface area contributed by atoms with Gasteiger partial charge >= 0.3 is 0 Å². The van der Waals surface area contributed by atoms with E-state index in [0.717, 1.165) is 16.8 Å². The molecule has 6 nitrogen and oxygen atoms in total. The first-order valence-electron chi connectivity index (χ1n) is 9.55. The summed E-state index contributed by atoms with van der Waals surface area (Å²) in [6, 6.07) is 19.1. The molecule has 2 heterocycles. The second kappa shape index (κ2) is 7.83. The molecule has 4 aromatic rings. The number of aromatic nitrogens is 2. The Morgan fingerprint density at radius 2 is 1.86 bits per heavy atom. The van der Waals surface area contributed by atoms with Crippen molar-refractivity contribution in [2.24, 2.45) is 7.05 Å². The van der Waals surface area contributed by atoms with Crippen LogP contribution < -0.4 is 10.1 Å². The van der Waals surface area contributed by atoms with Crippen LogP contribution in [0.1, 0.15) is 41.6 Å². The highest BCUT2D eigenvalue weighted by Gasteiger charge is 2.15. The third-order valence-electron chi connectivity index (χ3n) is 4.83. The van der Waals surface area contributed by atoms with E-state index in [2.05, 4.69) is 36.3 Å². The Hall–Kier alpha value is -3.54. The van der Waals surface area contributed by atoms with E-state index in [1.807, 2.05) is 48.0 Å². The van der Waals surface area contributed by atoms with E-state index in [4.69, 9.17) is 9.15 Å². The molecular weight excluding hydrogens is 366 g/mol. The van der Waals surface area contributed by atoms with Gasteiger partial charge in [-0.15, -0.1) is 0 Å². The van der Waals surface area contributed by atoms with Crippen molar-refractivity contribution < 1.29 is 13.9 Å². The number of carbonyl (C=O) groups is 1. The zero-order valence-corrected chi connectivity index (χ0v) is 16.7. The fraction of sp³-hybridized carbons (Fsp3) is 0.217. The van der Waals surface area contributed by atoms with Crippen molar-refractivity contribution in [3.8, 4) is 5.75 Å². The van der Waals surface area contributed by atoms with Crippen molar-refractivity contribution in [2.45, 2.75) is 26.4 Å². The van der Waals surface area contributed by atoms with E-state index < -0.39 is 0 Å². The molecule has 0 saturated heterocycles. The minimum atomic E-state index is -0.351. The first-order chi connectivity index (χ1) is 14.0. The fourth-order valence-corrected chi connectivity index (χ4v) is 3.10. The van der Waals surface area contributed by atoms with Crippen LogP contribution in [0.5, 0.6) is 5.75 Å². The van der Waals surface area contributed by atoms with Gasteiger partial charge in [0.1, 0.15) is 18.1 Å². The van der Waals surface area contributed by atoms with Crippen molar-refractivity contribution >= 4 is 22.9 Å². The first-order valence-corrected chi connectivity index (χ1v) is 9.55. The molecule has 0 unspecified atom stereocenters. The molecule has 0 aliphatic heterocycles. The smallest absolute Gasteiger partial charge is 0.293 e. The van der Waals surface area contributed by atoms with E-state index in [1.54, 1.807) is 12.1 Å². The molecule has 4 rings (SSSR count). The number of benzene rings is 2. The van der Waals surface area contributed by atoms with Crippen molar-refractivity contribution in [1.82, 2.24) is 9.55 Å². The van der Waals surface area contributed by atoms with Crippen LogP contribution in [0.4, 0.5) is 5.95 Å². The Labute approximate surface area is 169 Å². The minimum absolute atomic E-state index is 0.214. The number of para-hydroxylation sites is 2. The van der Waals surface area contributed by atoms with E-state index in [1.165, 1.54) is 5.56 Å². The van der Waals surface area contributed by atoms with Crippen LogP contribution in [-0.2, 0) is 13.7 Å². The number of rotatable bonds is 6. The van der Waals surface area contributed by atoms with Gasteiger partial charge in [-0.05, 0) is 47.9 Å². The molecule has 0 saturated carbocycles. The van der Waals surface area contributed by atoms with E-state index in [-0.39, 0.29) is 18.3 Å². The number of hydrogen-bond donors (Lipinski definition) is 1.